The fraction of sp³-hybridized carbons (Fsp3) is 0.154. The summed E-state index contributed by atoms with van der Waals surface area (Å²) in [6.45, 7) is 2.33. The molecule has 0 unspecified atom stereocenters. The van der Waals surface area contributed by atoms with Crippen molar-refractivity contribution < 1.29 is 4.79 Å². The summed E-state index contributed by atoms with van der Waals surface area (Å²) >= 11 is 0. The summed E-state index contributed by atoms with van der Waals surface area (Å²) < 4.78 is 3.38. The highest BCUT2D eigenvalue weighted by Gasteiger charge is 2.18. The van der Waals surface area contributed by atoms with E-state index >= 15 is 0 Å². The number of benzene rings is 2. The van der Waals surface area contributed by atoms with Gasteiger partial charge < -0.3 is 9.88 Å². The Bertz CT molecular complexity index is 1520. The van der Waals surface area contributed by atoms with Gasteiger partial charge in [0.25, 0.3) is 11.5 Å². The highest BCUT2D eigenvalue weighted by molar-refractivity contribution is 6.07. The Hall–Kier alpha value is -4.26. The van der Waals surface area contributed by atoms with Crippen molar-refractivity contribution in [2.24, 2.45) is 7.05 Å². The molecule has 0 fully saturated rings. The second-order valence-electron chi connectivity index (χ2n) is 8.12. The van der Waals surface area contributed by atoms with Crippen molar-refractivity contribution in [3.63, 3.8) is 0 Å². The number of amides is 1. The Labute approximate surface area is 190 Å². The SMILES string of the molecule is C[C@H](NC(=O)c1ccc2c(c1)c1nn(C)cc1c(=O)n2Cc1ccccc1)c1ccccn1. The van der Waals surface area contributed by atoms with E-state index in [0.717, 1.165) is 22.2 Å². The van der Waals surface area contributed by atoms with Crippen LogP contribution < -0.4 is 10.9 Å². The lowest BCUT2D eigenvalue weighted by Gasteiger charge is -2.15. The Balaban J connectivity index is 1.60. The molecule has 1 atom stereocenters. The summed E-state index contributed by atoms with van der Waals surface area (Å²) in [6, 6.07) is 20.6. The van der Waals surface area contributed by atoms with Crippen LogP contribution in [0.1, 0.15) is 34.6 Å². The molecule has 0 aliphatic rings. The number of pyridine rings is 2. The third-order valence-electron chi connectivity index (χ3n) is 5.77. The summed E-state index contributed by atoms with van der Waals surface area (Å²) in [5, 5.41) is 8.81. The quantitative estimate of drug-likeness (QED) is 0.453. The number of carbonyl (C=O) groups is 1. The Kier molecular flexibility index (Phi) is 5.22. The Morgan fingerprint density at radius 2 is 1.82 bits per heavy atom. The molecule has 5 aromatic rings. The van der Waals surface area contributed by atoms with Crippen LogP contribution in [0.5, 0.6) is 0 Å². The topological polar surface area (TPSA) is 81.8 Å². The lowest BCUT2D eigenvalue weighted by Crippen LogP contribution is -2.27. The maximum absolute atomic E-state index is 13.3. The van der Waals surface area contributed by atoms with Gasteiger partial charge in [-0.3, -0.25) is 19.3 Å². The Morgan fingerprint density at radius 1 is 1.03 bits per heavy atom. The van der Waals surface area contributed by atoms with Crippen molar-refractivity contribution in [2.75, 3.05) is 0 Å². The van der Waals surface area contributed by atoms with E-state index in [1.165, 1.54) is 0 Å². The van der Waals surface area contributed by atoms with E-state index in [1.54, 1.807) is 34.8 Å². The predicted octanol–water partition coefficient (Wildman–Crippen LogP) is 3.82. The van der Waals surface area contributed by atoms with Gasteiger partial charge in [-0.05, 0) is 42.8 Å². The van der Waals surface area contributed by atoms with Gasteiger partial charge in [-0.2, -0.15) is 5.10 Å². The number of aromatic nitrogens is 4. The molecule has 0 spiro atoms. The number of hydrogen-bond acceptors (Lipinski definition) is 4. The van der Waals surface area contributed by atoms with Crippen LogP contribution in [-0.4, -0.2) is 25.2 Å². The molecule has 0 radical (unpaired) electrons. The molecule has 2 aromatic carbocycles. The summed E-state index contributed by atoms with van der Waals surface area (Å²) in [5.74, 6) is -0.208. The maximum atomic E-state index is 13.3. The van der Waals surface area contributed by atoms with E-state index in [9.17, 15) is 9.59 Å². The monoisotopic (exact) mass is 437 g/mol. The number of hydrogen-bond donors (Lipinski definition) is 1. The first kappa shape index (κ1) is 20.6. The largest absolute Gasteiger partial charge is 0.344 e. The average molecular weight is 438 g/mol. The number of rotatable bonds is 5. The standard InChI is InChI=1S/C26H23N5O2/c1-17(22-10-6-7-13-27-22)28-25(32)19-11-12-23-20(14-19)24-21(16-30(2)29-24)26(33)31(23)15-18-8-4-3-5-9-18/h3-14,16-17H,15H2,1-2H3,(H,28,32)/t17-/m0/s1. The number of fused-ring (bicyclic) bond motifs is 3. The minimum atomic E-state index is -0.240. The van der Waals surface area contributed by atoms with Gasteiger partial charge in [0.2, 0.25) is 0 Å². The summed E-state index contributed by atoms with van der Waals surface area (Å²) in [5.41, 5.74) is 3.54. The highest BCUT2D eigenvalue weighted by Crippen LogP contribution is 2.24. The van der Waals surface area contributed by atoms with Crippen LogP contribution in [0.4, 0.5) is 0 Å². The molecule has 0 aliphatic heterocycles. The van der Waals surface area contributed by atoms with Gasteiger partial charge in [-0.25, -0.2) is 0 Å². The highest BCUT2D eigenvalue weighted by atomic mass is 16.1. The molecule has 0 saturated carbocycles. The number of nitrogens with zero attached hydrogens (tertiary/aromatic N) is 4. The van der Waals surface area contributed by atoms with Gasteiger partial charge in [-0.1, -0.05) is 36.4 Å². The molecule has 3 heterocycles. The molecule has 0 aliphatic carbocycles. The van der Waals surface area contributed by atoms with Crippen LogP contribution >= 0.6 is 0 Å². The van der Waals surface area contributed by atoms with Crippen LogP contribution in [-0.2, 0) is 13.6 Å². The van der Waals surface area contributed by atoms with Crippen LogP contribution in [0.25, 0.3) is 21.8 Å². The molecule has 5 rings (SSSR count). The molecule has 7 heteroatoms. The molecule has 3 aromatic heterocycles. The van der Waals surface area contributed by atoms with E-state index < -0.39 is 0 Å². The second kappa shape index (κ2) is 8.35. The van der Waals surface area contributed by atoms with E-state index in [0.29, 0.717) is 23.0 Å². The van der Waals surface area contributed by atoms with Gasteiger partial charge in [0.05, 0.1) is 29.2 Å². The number of carbonyl (C=O) groups excluding carboxylic acids is 1. The van der Waals surface area contributed by atoms with Crippen molar-refractivity contribution in [1.82, 2.24) is 24.6 Å². The van der Waals surface area contributed by atoms with Crippen molar-refractivity contribution in [3.05, 3.63) is 106 Å². The molecule has 1 N–H and O–H groups in total. The molecule has 164 valence electrons. The molecule has 0 bridgehead atoms. The lowest BCUT2D eigenvalue weighted by atomic mass is 10.1. The van der Waals surface area contributed by atoms with E-state index in [4.69, 9.17) is 0 Å². The normalized spacial score (nSPS) is 12.2. The molecule has 7 nitrogen and oxygen atoms in total. The van der Waals surface area contributed by atoms with Gasteiger partial charge in [-0.15, -0.1) is 0 Å². The summed E-state index contributed by atoms with van der Waals surface area (Å²) in [4.78, 5) is 30.6. The summed E-state index contributed by atoms with van der Waals surface area (Å²) in [6.07, 6.45) is 3.44. The van der Waals surface area contributed by atoms with Gasteiger partial charge in [0.1, 0.15) is 5.52 Å². The smallest absolute Gasteiger partial charge is 0.262 e. The zero-order valence-electron chi connectivity index (χ0n) is 18.4. The first-order valence-corrected chi connectivity index (χ1v) is 10.8. The second-order valence-corrected chi connectivity index (χ2v) is 8.12. The maximum Gasteiger partial charge on any atom is 0.262 e. The fourth-order valence-electron chi connectivity index (χ4n) is 4.11. The third-order valence-corrected chi connectivity index (χ3v) is 5.77. The molecular formula is C26H23N5O2. The van der Waals surface area contributed by atoms with Crippen molar-refractivity contribution in [1.29, 1.82) is 0 Å². The van der Waals surface area contributed by atoms with E-state index in [-0.39, 0.29) is 17.5 Å². The molecule has 33 heavy (non-hydrogen) atoms. The Morgan fingerprint density at radius 3 is 2.58 bits per heavy atom. The van der Waals surface area contributed by atoms with Crippen LogP contribution in [0, 0.1) is 0 Å². The zero-order chi connectivity index (χ0) is 22.9. The van der Waals surface area contributed by atoms with Gasteiger partial charge >= 0.3 is 0 Å². The molecule has 0 saturated heterocycles. The third kappa shape index (κ3) is 3.89. The van der Waals surface area contributed by atoms with Crippen LogP contribution in [0.15, 0.2) is 83.9 Å². The van der Waals surface area contributed by atoms with Gasteiger partial charge in [0, 0.05) is 30.4 Å². The molecular weight excluding hydrogens is 414 g/mol. The number of nitrogens with one attached hydrogen (secondary N) is 1. The molecule has 1 amide bonds. The van der Waals surface area contributed by atoms with Crippen LogP contribution in [0.2, 0.25) is 0 Å². The minimum absolute atomic E-state index is 0.101. The number of aryl methyl sites for hydroxylation is 1. The predicted molar refractivity (Wildman–Crippen MR) is 128 cm³/mol. The van der Waals surface area contributed by atoms with Crippen molar-refractivity contribution >= 4 is 27.7 Å². The lowest BCUT2D eigenvalue weighted by molar-refractivity contribution is 0.0939. The van der Waals surface area contributed by atoms with Crippen molar-refractivity contribution in [3.8, 4) is 0 Å². The first-order valence-electron chi connectivity index (χ1n) is 10.8. The first-order chi connectivity index (χ1) is 16.0. The zero-order valence-corrected chi connectivity index (χ0v) is 18.4. The van der Waals surface area contributed by atoms with Gasteiger partial charge in [0.15, 0.2) is 0 Å². The van der Waals surface area contributed by atoms with E-state index in [2.05, 4.69) is 15.4 Å². The summed E-state index contributed by atoms with van der Waals surface area (Å²) in [7, 11) is 1.79. The minimum Gasteiger partial charge on any atom is -0.344 e. The van der Waals surface area contributed by atoms with Crippen LogP contribution in [0.3, 0.4) is 0 Å². The van der Waals surface area contributed by atoms with Crippen molar-refractivity contribution in [2.45, 2.75) is 19.5 Å². The average Bonchev–Trinajstić information content (AvgIpc) is 3.24. The fourth-order valence-corrected chi connectivity index (χ4v) is 4.11. The van der Waals surface area contributed by atoms with E-state index in [1.807, 2.05) is 67.6 Å².